The van der Waals surface area contributed by atoms with Crippen molar-refractivity contribution in [2.24, 2.45) is 0 Å². The van der Waals surface area contributed by atoms with Gasteiger partial charge in [-0.1, -0.05) is 18.2 Å². The molecule has 17 heavy (non-hydrogen) atoms. The summed E-state index contributed by atoms with van der Waals surface area (Å²) in [6, 6.07) is 12.0. The minimum Gasteiger partial charge on any atom is -0.495 e. The van der Waals surface area contributed by atoms with Gasteiger partial charge < -0.3 is 15.8 Å². The number of nitrogens with one attached hydrogen (secondary N) is 1. The van der Waals surface area contributed by atoms with Crippen LogP contribution < -0.4 is 15.8 Å². The van der Waals surface area contributed by atoms with Gasteiger partial charge >= 0.3 is 0 Å². The van der Waals surface area contributed by atoms with Crippen LogP contribution >= 0.6 is 0 Å². The van der Waals surface area contributed by atoms with Gasteiger partial charge in [-0.3, -0.25) is 0 Å². The minimum absolute atomic E-state index is 0.0957. The Morgan fingerprint density at radius 3 is 2.53 bits per heavy atom. The summed E-state index contributed by atoms with van der Waals surface area (Å²) >= 11 is 0. The molecule has 0 saturated heterocycles. The SMILES string of the molecule is COc1ccccc1Nc1cccc(F)c1N. The molecule has 88 valence electrons. The molecule has 0 aliphatic rings. The molecule has 3 nitrogen and oxygen atoms in total. The van der Waals surface area contributed by atoms with E-state index in [9.17, 15) is 4.39 Å². The molecule has 2 rings (SSSR count). The molecule has 4 heteroatoms. The molecule has 0 aliphatic heterocycles. The number of anilines is 3. The predicted molar refractivity (Wildman–Crippen MR) is 67.1 cm³/mol. The fourth-order valence-electron chi connectivity index (χ4n) is 1.54. The molecule has 0 unspecified atom stereocenters. The van der Waals surface area contributed by atoms with Crippen LogP contribution in [0.4, 0.5) is 21.5 Å². The molecule has 0 fully saturated rings. The third-order valence-corrected chi connectivity index (χ3v) is 2.43. The van der Waals surface area contributed by atoms with Crippen molar-refractivity contribution < 1.29 is 9.13 Å². The van der Waals surface area contributed by atoms with Crippen molar-refractivity contribution in [1.29, 1.82) is 0 Å². The third kappa shape index (κ3) is 2.30. The first-order chi connectivity index (χ1) is 8.22. The lowest BCUT2D eigenvalue weighted by molar-refractivity contribution is 0.417. The lowest BCUT2D eigenvalue weighted by atomic mass is 10.2. The number of halogens is 1. The van der Waals surface area contributed by atoms with Gasteiger partial charge in [-0.2, -0.15) is 0 Å². The molecule has 0 saturated carbocycles. The molecule has 0 aromatic heterocycles. The zero-order chi connectivity index (χ0) is 12.3. The van der Waals surface area contributed by atoms with Crippen LogP contribution in [0, 0.1) is 5.82 Å². The highest BCUT2D eigenvalue weighted by Crippen LogP contribution is 2.30. The predicted octanol–water partition coefficient (Wildman–Crippen LogP) is 3.16. The molecule has 0 amide bonds. The molecular weight excluding hydrogens is 219 g/mol. The van der Waals surface area contributed by atoms with Gasteiger partial charge in [0.1, 0.15) is 11.6 Å². The smallest absolute Gasteiger partial charge is 0.148 e. The van der Waals surface area contributed by atoms with E-state index >= 15 is 0 Å². The molecule has 0 heterocycles. The Balaban J connectivity index is 2.35. The fourth-order valence-corrected chi connectivity index (χ4v) is 1.54. The highest BCUT2D eigenvalue weighted by Gasteiger charge is 2.07. The van der Waals surface area contributed by atoms with Gasteiger partial charge in [0.15, 0.2) is 0 Å². The molecule has 2 aromatic carbocycles. The van der Waals surface area contributed by atoms with Crippen LogP contribution in [-0.2, 0) is 0 Å². The van der Waals surface area contributed by atoms with Crippen molar-refractivity contribution in [2.45, 2.75) is 0 Å². The largest absolute Gasteiger partial charge is 0.495 e. The Bertz CT molecular complexity index is 529. The Morgan fingerprint density at radius 2 is 1.76 bits per heavy atom. The van der Waals surface area contributed by atoms with Gasteiger partial charge in [0.25, 0.3) is 0 Å². The topological polar surface area (TPSA) is 47.3 Å². The molecule has 0 bridgehead atoms. The van der Waals surface area contributed by atoms with E-state index in [1.54, 1.807) is 19.2 Å². The number of para-hydroxylation sites is 3. The molecule has 0 atom stereocenters. The normalized spacial score (nSPS) is 10.0. The summed E-state index contributed by atoms with van der Waals surface area (Å²) in [6.45, 7) is 0. The zero-order valence-corrected chi connectivity index (χ0v) is 9.41. The number of methoxy groups -OCH3 is 1. The number of hydrogen-bond donors (Lipinski definition) is 2. The number of ether oxygens (including phenoxy) is 1. The second-order valence-corrected chi connectivity index (χ2v) is 3.53. The zero-order valence-electron chi connectivity index (χ0n) is 9.41. The highest BCUT2D eigenvalue weighted by atomic mass is 19.1. The summed E-state index contributed by atoms with van der Waals surface area (Å²) in [5.41, 5.74) is 7.00. The highest BCUT2D eigenvalue weighted by molar-refractivity contribution is 5.75. The van der Waals surface area contributed by atoms with Crippen molar-refractivity contribution in [1.82, 2.24) is 0 Å². The average Bonchev–Trinajstić information content (AvgIpc) is 2.35. The third-order valence-electron chi connectivity index (χ3n) is 2.43. The monoisotopic (exact) mass is 232 g/mol. The van der Waals surface area contributed by atoms with Gasteiger partial charge in [-0.05, 0) is 24.3 Å². The summed E-state index contributed by atoms with van der Waals surface area (Å²) in [7, 11) is 1.58. The molecule has 0 aliphatic carbocycles. The number of rotatable bonds is 3. The minimum atomic E-state index is -0.440. The van der Waals surface area contributed by atoms with Crippen LogP contribution in [-0.4, -0.2) is 7.11 Å². The van der Waals surface area contributed by atoms with Crippen molar-refractivity contribution >= 4 is 17.1 Å². The lowest BCUT2D eigenvalue weighted by Gasteiger charge is -2.12. The van der Waals surface area contributed by atoms with E-state index in [1.807, 2.05) is 24.3 Å². The summed E-state index contributed by atoms with van der Waals surface area (Å²) in [6.07, 6.45) is 0. The maximum Gasteiger partial charge on any atom is 0.148 e. The number of hydrogen-bond acceptors (Lipinski definition) is 3. The Morgan fingerprint density at radius 1 is 1.06 bits per heavy atom. The van der Waals surface area contributed by atoms with Crippen LogP contribution in [0.5, 0.6) is 5.75 Å². The van der Waals surface area contributed by atoms with Gasteiger partial charge in [-0.25, -0.2) is 4.39 Å². The molecule has 0 spiro atoms. The van der Waals surface area contributed by atoms with E-state index in [0.717, 1.165) is 5.69 Å². The first kappa shape index (κ1) is 11.3. The van der Waals surface area contributed by atoms with Gasteiger partial charge in [0.2, 0.25) is 0 Å². The van der Waals surface area contributed by atoms with Gasteiger partial charge in [0.05, 0.1) is 24.2 Å². The second-order valence-electron chi connectivity index (χ2n) is 3.53. The summed E-state index contributed by atoms with van der Waals surface area (Å²) < 4.78 is 18.5. The Hall–Kier alpha value is -2.23. The summed E-state index contributed by atoms with van der Waals surface area (Å²) in [5.74, 6) is 0.237. The number of nitrogens with two attached hydrogens (primary N) is 1. The lowest BCUT2D eigenvalue weighted by Crippen LogP contribution is -2.00. The average molecular weight is 232 g/mol. The van der Waals surface area contributed by atoms with Crippen LogP contribution in [0.2, 0.25) is 0 Å². The van der Waals surface area contributed by atoms with Gasteiger partial charge in [0, 0.05) is 0 Å². The van der Waals surface area contributed by atoms with Crippen molar-refractivity contribution in [3.05, 3.63) is 48.3 Å². The van der Waals surface area contributed by atoms with Crippen molar-refractivity contribution in [2.75, 3.05) is 18.2 Å². The molecule has 3 N–H and O–H groups in total. The maximum absolute atomic E-state index is 13.3. The second kappa shape index (κ2) is 4.74. The van der Waals surface area contributed by atoms with Crippen LogP contribution in [0.15, 0.2) is 42.5 Å². The fraction of sp³-hybridized carbons (Fsp3) is 0.0769. The first-order valence-electron chi connectivity index (χ1n) is 5.16. The van der Waals surface area contributed by atoms with E-state index in [2.05, 4.69) is 5.32 Å². The van der Waals surface area contributed by atoms with Crippen LogP contribution in [0.1, 0.15) is 0 Å². The van der Waals surface area contributed by atoms with Crippen LogP contribution in [0.3, 0.4) is 0 Å². The van der Waals surface area contributed by atoms with Crippen molar-refractivity contribution in [3.8, 4) is 5.75 Å². The van der Waals surface area contributed by atoms with E-state index in [1.165, 1.54) is 6.07 Å². The van der Waals surface area contributed by atoms with E-state index in [4.69, 9.17) is 10.5 Å². The standard InChI is InChI=1S/C13H13FN2O/c1-17-12-8-3-2-6-10(12)16-11-7-4-5-9(14)13(11)15/h2-8,16H,15H2,1H3. The van der Waals surface area contributed by atoms with Crippen molar-refractivity contribution in [3.63, 3.8) is 0 Å². The van der Waals surface area contributed by atoms with Crippen LogP contribution in [0.25, 0.3) is 0 Å². The molecular formula is C13H13FN2O. The molecule has 0 radical (unpaired) electrons. The number of nitrogen functional groups attached to an aromatic ring is 1. The Kier molecular flexibility index (Phi) is 3.14. The van der Waals surface area contributed by atoms with E-state index in [0.29, 0.717) is 11.4 Å². The Labute approximate surface area is 99.0 Å². The summed E-state index contributed by atoms with van der Waals surface area (Å²) in [4.78, 5) is 0. The summed E-state index contributed by atoms with van der Waals surface area (Å²) in [5, 5.41) is 3.04. The van der Waals surface area contributed by atoms with Gasteiger partial charge in [-0.15, -0.1) is 0 Å². The van der Waals surface area contributed by atoms with E-state index in [-0.39, 0.29) is 5.69 Å². The maximum atomic E-state index is 13.3. The quantitative estimate of drug-likeness (QED) is 0.799. The first-order valence-corrected chi connectivity index (χ1v) is 5.16. The number of benzene rings is 2. The molecule has 2 aromatic rings. The van der Waals surface area contributed by atoms with E-state index < -0.39 is 5.82 Å².